The predicted octanol–water partition coefficient (Wildman–Crippen LogP) is 2.27. The minimum absolute atomic E-state index is 0.257. The topological polar surface area (TPSA) is 75.6 Å². The van der Waals surface area contributed by atoms with Gasteiger partial charge in [-0.05, 0) is 30.5 Å². The van der Waals surface area contributed by atoms with Gasteiger partial charge in [0.25, 0.3) is 0 Å². The van der Waals surface area contributed by atoms with Gasteiger partial charge in [-0.2, -0.15) is 0 Å². The monoisotopic (exact) mass is 313 g/mol. The molecule has 0 saturated heterocycles. The highest BCUT2D eigenvalue weighted by Crippen LogP contribution is 2.11. The molecule has 0 aromatic heterocycles. The molecule has 0 bridgehead atoms. The van der Waals surface area contributed by atoms with E-state index in [1.807, 2.05) is 24.3 Å². The summed E-state index contributed by atoms with van der Waals surface area (Å²) in [4.78, 5) is 22.7. The van der Waals surface area contributed by atoms with Crippen LogP contribution in [0.4, 0.5) is 0 Å². The maximum absolute atomic E-state index is 11.7. The number of benzene rings is 1. The second-order valence-electron chi connectivity index (χ2n) is 4.72. The van der Waals surface area contributed by atoms with Gasteiger partial charge in [-0.25, -0.2) is 4.79 Å². The van der Waals surface area contributed by atoms with Crippen molar-refractivity contribution in [1.82, 2.24) is 5.32 Å². The van der Waals surface area contributed by atoms with Crippen molar-refractivity contribution in [2.24, 2.45) is 0 Å². The Morgan fingerprint density at radius 2 is 2.00 bits per heavy atom. The lowest BCUT2D eigenvalue weighted by Crippen LogP contribution is -2.41. The third kappa shape index (κ3) is 7.11. The smallest absolute Gasteiger partial charge is 0.326 e. The van der Waals surface area contributed by atoms with Crippen LogP contribution in [0, 0.1) is 0 Å². The van der Waals surface area contributed by atoms with E-state index in [2.05, 4.69) is 5.32 Å². The lowest BCUT2D eigenvalue weighted by molar-refractivity contribution is -0.142. The number of methoxy groups -OCH3 is 1. The standard InChI is InChI=1S/C15H20ClNO4/c1-21-10-9-13(15(19)20)17-14(18)4-2-3-11-5-7-12(16)8-6-11/h5-8,13H,2-4,9-10H2,1H3,(H,17,18)(H,19,20). The molecule has 0 aliphatic heterocycles. The fraction of sp³-hybridized carbons (Fsp3) is 0.467. The molecule has 0 fully saturated rings. The number of rotatable bonds is 9. The number of hydrogen-bond acceptors (Lipinski definition) is 3. The van der Waals surface area contributed by atoms with E-state index in [1.165, 1.54) is 7.11 Å². The van der Waals surface area contributed by atoms with E-state index in [0.717, 1.165) is 12.0 Å². The van der Waals surface area contributed by atoms with Crippen molar-refractivity contribution >= 4 is 23.5 Å². The molecule has 0 heterocycles. The molecule has 0 aliphatic rings. The third-order valence-electron chi connectivity index (χ3n) is 3.03. The van der Waals surface area contributed by atoms with Crippen molar-refractivity contribution < 1.29 is 19.4 Å². The van der Waals surface area contributed by atoms with Crippen molar-refractivity contribution in [2.45, 2.75) is 31.7 Å². The average Bonchev–Trinajstić information content (AvgIpc) is 2.45. The van der Waals surface area contributed by atoms with Gasteiger partial charge in [0.2, 0.25) is 5.91 Å². The van der Waals surface area contributed by atoms with E-state index < -0.39 is 12.0 Å². The van der Waals surface area contributed by atoms with Gasteiger partial charge < -0.3 is 15.2 Å². The van der Waals surface area contributed by atoms with Gasteiger partial charge in [0.05, 0.1) is 0 Å². The molecule has 21 heavy (non-hydrogen) atoms. The molecular formula is C15H20ClNO4. The number of carboxylic acid groups (broad SMARTS) is 1. The largest absolute Gasteiger partial charge is 0.480 e. The Kier molecular flexibility index (Phi) is 7.79. The van der Waals surface area contributed by atoms with Crippen LogP contribution in [-0.4, -0.2) is 36.7 Å². The van der Waals surface area contributed by atoms with Gasteiger partial charge in [0.15, 0.2) is 0 Å². The molecule has 0 spiro atoms. The van der Waals surface area contributed by atoms with E-state index in [9.17, 15) is 9.59 Å². The van der Waals surface area contributed by atoms with Crippen LogP contribution in [0.1, 0.15) is 24.8 Å². The number of hydrogen-bond donors (Lipinski definition) is 2. The second kappa shape index (κ2) is 9.37. The quantitative estimate of drug-likeness (QED) is 0.733. The summed E-state index contributed by atoms with van der Waals surface area (Å²) in [6, 6.07) is 6.55. The van der Waals surface area contributed by atoms with Gasteiger partial charge in [-0.3, -0.25) is 4.79 Å². The summed E-state index contributed by atoms with van der Waals surface area (Å²) in [5.41, 5.74) is 1.10. The summed E-state index contributed by atoms with van der Waals surface area (Å²) < 4.78 is 4.83. The Balaban J connectivity index is 2.32. The lowest BCUT2D eigenvalue weighted by atomic mass is 10.1. The average molecular weight is 314 g/mol. The number of aliphatic carboxylic acids is 1. The Bertz CT molecular complexity index is 461. The number of carboxylic acids is 1. The third-order valence-corrected chi connectivity index (χ3v) is 3.28. The number of aryl methyl sites for hydroxylation is 1. The van der Waals surface area contributed by atoms with Gasteiger partial charge in [-0.15, -0.1) is 0 Å². The van der Waals surface area contributed by atoms with E-state index in [4.69, 9.17) is 21.4 Å². The van der Waals surface area contributed by atoms with Crippen molar-refractivity contribution in [1.29, 1.82) is 0 Å². The molecule has 1 aromatic rings. The minimum atomic E-state index is -1.04. The molecule has 0 radical (unpaired) electrons. The highest BCUT2D eigenvalue weighted by Gasteiger charge is 2.19. The number of carbonyl (C=O) groups excluding carboxylic acids is 1. The van der Waals surface area contributed by atoms with Gasteiger partial charge in [0.1, 0.15) is 6.04 Å². The summed E-state index contributed by atoms with van der Waals surface area (Å²) in [5.74, 6) is -1.30. The van der Waals surface area contributed by atoms with E-state index in [0.29, 0.717) is 24.5 Å². The van der Waals surface area contributed by atoms with Gasteiger partial charge in [0, 0.05) is 31.6 Å². The zero-order valence-corrected chi connectivity index (χ0v) is 12.7. The predicted molar refractivity (Wildman–Crippen MR) is 80.4 cm³/mol. The van der Waals surface area contributed by atoms with Crippen LogP contribution in [0.25, 0.3) is 0 Å². The molecule has 2 N–H and O–H groups in total. The number of halogens is 1. The van der Waals surface area contributed by atoms with Crippen LogP contribution in [0.2, 0.25) is 5.02 Å². The molecule has 5 nitrogen and oxygen atoms in total. The first kappa shape index (κ1) is 17.5. The highest BCUT2D eigenvalue weighted by molar-refractivity contribution is 6.30. The lowest BCUT2D eigenvalue weighted by Gasteiger charge is -2.13. The Morgan fingerprint density at radius 3 is 2.57 bits per heavy atom. The fourth-order valence-corrected chi connectivity index (χ4v) is 1.99. The molecule has 0 aliphatic carbocycles. The first-order valence-electron chi connectivity index (χ1n) is 6.78. The first-order valence-corrected chi connectivity index (χ1v) is 7.16. The van der Waals surface area contributed by atoms with Crippen molar-refractivity contribution in [3.05, 3.63) is 34.9 Å². The SMILES string of the molecule is COCCC(NC(=O)CCCc1ccc(Cl)cc1)C(=O)O. The molecule has 1 unspecified atom stereocenters. The number of nitrogens with one attached hydrogen (secondary N) is 1. The maximum Gasteiger partial charge on any atom is 0.326 e. The van der Waals surface area contributed by atoms with Crippen LogP contribution in [0.5, 0.6) is 0 Å². The molecule has 6 heteroatoms. The maximum atomic E-state index is 11.7. The summed E-state index contributed by atoms with van der Waals surface area (Å²) >= 11 is 5.79. The van der Waals surface area contributed by atoms with Crippen molar-refractivity contribution in [3.63, 3.8) is 0 Å². The summed E-state index contributed by atoms with van der Waals surface area (Å²) in [7, 11) is 1.49. The van der Waals surface area contributed by atoms with Gasteiger partial charge in [-0.1, -0.05) is 23.7 Å². The summed E-state index contributed by atoms with van der Waals surface area (Å²) in [6.45, 7) is 0.294. The van der Waals surface area contributed by atoms with E-state index in [1.54, 1.807) is 0 Å². The Morgan fingerprint density at radius 1 is 1.33 bits per heavy atom. The first-order chi connectivity index (χ1) is 10.0. The molecule has 1 aromatic carbocycles. The second-order valence-corrected chi connectivity index (χ2v) is 5.16. The number of carbonyl (C=O) groups is 2. The molecule has 1 atom stereocenters. The zero-order valence-electron chi connectivity index (χ0n) is 12.0. The van der Waals surface area contributed by atoms with E-state index >= 15 is 0 Å². The molecular weight excluding hydrogens is 294 g/mol. The number of amides is 1. The highest BCUT2D eigenvalue weighted by atomic mass is 35.5. The number of ether oxygens (including phenoxy) is 1. The molecule has 1 rings (SSSR count). The minimum Gasteiger partial charge on any atom is -0.480 e. The summed E-state index contributed by atoms with van der Waals surface area (Å²) in [6.07, 6.45) is 1.96. The molecule has 0 saturated carbocycles. The van der Waals surface area contributed by atoms with Crippen molar-refractivity contribution in [2.75, 3.05) is 13.7 Å². The normalized spacial score (nSPS) is 11.9. The van der Waals surface area contributed by atoms with Crippen LogP contribution in [0.3, 0.4) is 0 Å². The van der Waals surface area contributed by atoms with Gasteiger partial charge >= 0.3 is 5.97 Å². The van der Waals surface area contributed by atoms with Crippen molar-refractivity contribution in [3.8, 4) is 0 Å². The molecule has 1 amide bonds. The Hall–Kier alpha value is -1.59. The fourth-order valence-electron chi connectivity index (χ4n) is 1.86. The zero-order chi connectivity index (χ0) is 15.7. The Labute approximate surface area is 129 Å². The van der Waals surface area contributed by atoms with Crippen LogP contribution >= 0.6 is 11.6 Å². The van der Waals surface area contributed by atoms with E-state index in [-0.39, 0.29) is 12.3 Å². The summed E-state index contributed by atoms with van der Waals surface area (Å²) in [5, 5.41) is 12.2. The van der Waals surface area contributed by atoms with Crippen LogP contribution in [-0.2, 0) is 20.7 Å². The van der Waals surface area contributed by atoms with Crippen LogP contribution < -0.4 is 5.32 Å². The molecule has 116 valence electrons. The van der Waals surface area contributed by atoms with Crippen LogP contribution in [0.15, 0.2) is 24.3 Å².